The third-order valence-corrected chi connectivity index (χ3v) is 4.00. The van der Waals surface area contributed by atoms with Gasteiger partial charge in [-0.25, -0.2) is 9.78 Å². The summed E-state index contributed by atoms with van der Waals surface area (Å²) in [7, 11) is 1.59. The SMILES string of the molecule is CN(CC(=O)c1ccc(OCC(=O)O)cc1)C(=O)CCCc1cccc(N)n1. The Morgan fingerprint density at radius 1 is 1.14 bits per heavy atom. The summed E-state index contributed by atoms with van der Waals surface area (Å²) >= 11 is 0. The highest BCUT2D eigenvalue weighted by molar-refractivity contribution is 5.99. The van der Waals surface area contributed by atoms with Crippen LogP contribution in [0.15, 0.2) is 42.5 Å². The maximum atomic E-state index is 12.3. The first-order valence-corrected chi connectivity index (χ1v) is 8.78. The number of carboxylic acids is 1. The average Bonchev–Trinajstić information content (AvgIpc) is 2.66. The zero-order chi connectivity index (χ0) is 20.5. The van der Waals surface area contributed by atoms with Crippen LogP contribution in [0, 0.1) is 0 Å². The number of aliphatic carboxylic acids is 1. The van der Waals surface area contributed by atoms with E-state index in [0.29, 0.717) is 36.4 Å². The zero-order valence-corrected chi connectivity index (χ0v) is 15.6. The second-order valence-electron chi connectivity index (χ2n) is 6.29. The van der Waals surface area contributed by atoms with Crippen molar-refractivity contribution in [1.29, 1.82) is 0 Å². The Kier molecular flexibility index (Phi) is 7.50. The van der Waals surface area contributed by atoms with Gasteiger partial charge in [0.25, 0.3) is 0 Å². The lowest BCUT2D eigenvalue weighted by Crippen LogP contribution is -2.32. The third-order valence-electron chi connectivity index (χ3n) is 4.00. The van der Waals surface area contributed by atoms with E-state index in [1.165, 1.54) is 17.0 Å². The fourth-order valence-electron chi connectivity index (χ4n) is 2.53. The second kappa shape index (κ2) is 10.1. The van der Waals surface area contributed by atoms with Gasteiger partial charge in [0.05, 0.1) is 6.54 Å². The predicted molar refractivity (Wildman–Crippen MR) is 103 cm³/mol. The van der Waals surface area contributed by atoms with E-state index in [1.54, 1.807) is 25.2 Å². The molecule has 2 rings (SSSR count). The minimum atomic E-state index is -1.08. The molecule has 0 spiro atoms. The molecule has 28 heavy (non-hydrogen) atoms. The minimum Gasteiger partial charge on any atom is -0.482 e. The number of nitrogens with two attached hydrogens (primary N) is 1. The van der Waals surface area contributed by atoms with Crippen molar-refractivity contribution in [3.8, 4) is 5.75 Å². The van der Waals surface area contributed by atoms with Gasteiger partial charge >= 0.3 is 5.97 Å². The highest BCUT2D eigenvalue weighted by Gasteiger charge is 2.14. The van der Waals surface area contributed by atoms with Crippen LogP contribution in [0.5, 0.6) is 5.75 Å². The standard InChI is InChI=1S/C20H23N3O5/c1-23(19(25)7-3-5-15-4-2-6-18(21)22-15)12-17(24)14-8-10-16(11-9-14)28-13-20(26)27/h2,4,6,8-11H,3,5,7,12-13H2,1H3,(H2,21,22)(H,26,27). The third kappa shape index (κ3) is 6.71. The van der Waals surface area contributed by atoms with Crippen molar-refractivity contribution in [3.05, 3.63) is 53.7 Å². The van der Waals surface area contributed by atoms with E-state index in [4.69, 9.17) is 15.6 Å². The number of carbonyl (C=O) groups excluding carboxylic acids is 2. The molecule has 1 heterocycles. The first-order valence-electron chi connectivity index (χ1n) is 8.78. The number of hydrogen-bond donors (Lipinski definition) is 2. The molecule has 0 unspecified atom stereocenters. The Labute approximate surface area is 162 Å². The molecule has 2 aromatic rings. The molecule has 0 aliphatic rings. The largest absolute Gasteiger partial charge is 0.482 e. The topological polar surface area (TPSA) is 123 Å². The lowest BCUT2D eigenvalue weighted by Gasteiger charge is -2.16. The smallest absolute Gasteiger partial charge is 0.341 e. The maximum Gasteiger partial charge on any atom is 0.341 e. The van der Waals surface area contributed by atoms with Crippen LogP contribution in [0.1, 0.15) is 28.9 Å². The number of ether oxygens (including phenoxy) is 1. The number of benzene rings is 1. The monoisotopic (exact) mass is 385 g/mol. The van der Waals surface area contributed by atoms with Gasteiger partial charge in [0.15, 0.2) is 12.4 Å². The summed E-state index contributed by atoms with van der Waals surface area (Å²) in [5.41, 5.74) is 6.88. The van der Waals surface area contributed by atoms with Gasteiger partial charge < -0.3 is 20.5 Å². The molecule has 8 heteroatoms. The summed E-state index contributed by atoms with van der Waals surface area (Å²) in [6.07, 6.45) is 1.56. The average molecular weight is 385 g/mol. The van der Waals surface area contributed by atoms with Crippen molar-refractivity contribution in [2.75, 3.05) is 25.9 Å². The summed E-state index contributed by atoms with van der Waals surface area (Å²) in [6.45, 7) is -0.486. The quantitative estimate of drug-likeness (QED) is 0.598. The summed E-state index contributed by atoms with van der Waals surface area (Å²) in [5, 5.41) is 8.58. The minimum absolute atomic E-state index is 0.0370. The van der Waals surface area contributed by atoms with Crippen molar-refractivity contribution < 1.29 is 24.2 Å². The van der Waals surface area contributed by atoms with Gasteiger partial charge in [0.1, 0.15) is 11.6 Å². The van der Waals surface area contributed by atoms with Crippen molar-refractivity contribution in [1.82, 2.24) is 9.88 Å². The number of carbonyl (C=O) groups is 3. The molecule has 0 saturated carbocycles. The zero-order valence-electron chi connectivity index (χ0n) is 15.6. The van der Waals surface area contributed by atoms with E-state index < -0.39 is 12.6 Å². The molecule has 0 fully saturated rings. The molecule has 0 aliphatic carbocycles. The molecule has 0 radical (unpaired) electrons. The van der Waals surface area contributed by atoms with Gasteiger partial charge in [-0.3, -0.25) is 9.59 Å². The van der Waals surface area contributed by atoms with Crippen molar-refractivity contribution in [2.24, 2.45) is 0 Å². The Morgan fingerprint density at radius 2 is 1.86 bits per heavy atom. The number of nitrogens with zero attached hydrogens (tertiary/aromatic N) is 2. The van der Waals surface area contributed by atoms with E-state index in [9.17, 15) is 14.4 Å². The molecule has 1 aromatic heterocycles. The van der Waals surface area contributed by atoms with E-state index in [0.717, 1.165) is 5.69 Å². The van der Waals surface area contributed by atoms with Crippen LogP contribution >= 0.6 is 0 Å². The predicted octanol–water partition coefficient (Wildman–Crippen LogP) is 1.79. The molecule has 1 amide bonds. The second-order valence-corrected chi connectivity index (χ2v) is 6.29. The molecular formula is C20H23N3O5. The maximum absolute atomic E-state index is 12.3. The van der Waals surface area contributed by atoms with Crippen LogP contribution in [0.3, 0.4) is 0 Å². The molecule has 8 nitrogen and oxygen atoms in total. The highest BCUT2D eigenvalue weighted by Crippen LogP contribution is 2.13. The van der Waals surface area contributed by atoms with Crippen molar-refractivity contribution in [2.45, 2.75) is 19.3 Å². The number of anilines is 1. The van der Waals surface area contributed by atoms with Crippen LogP contribution < -0.4 is 10.5 Å². The van der Waals surface area contributed by atoms with Gasteiger partial charge in [0, 0.05) is 24.7 Å². The Balaban J connectivity index is 1.78. The van der Waals surface area contributed by atoms with Crippen LogP contribution in [0.25, 0.3) is 0 Å². The first-order chi connectivity index (χ1) is 13.3. The van der Waals surface area contributed by atoms with E-state index >= 15 is 0 Å². The lowest BCUT2D eigenvalue weighted by atomic mass is 10.1. The number of aromatic nitrogens is 1. The Morgan fingerprint density at radius 3 is 2.50 bits per heavy atom. The molecule has 0 saturated heterocycles. The Hall–Kier alpha value is -3.42. The van der Waals surface area contributed by atoms with E-state index in [2.05, 4.69) is 4.98 Å². The summed E-state index contributed by atoms with van der Waals surface area (Å²) in [6, 6.07) is 11.5. The molecule has 3 N–H and O–H groups in total. The highest BCUT2D eigenvalue weighted by atomic mass is 16.5. The van der Waals surface area contributed by atoms with Crippen LogP contribution in [-0.4, -0.2) is 52.8 Å². The van der Waals surface area contributed by atoms with Gasteiger partial charge in [-0.05, 0) is 49.2 Å². The number of hydrogen-bond acceptors (Lipinski definition) is 6. The number of aryl methyl sites for hydroxylation is 1. The van der Waals surface area contributed by atoms with Gasteiger partial charge in [-0.2, -0.15) is 0 Å². The van der Waals surface area contributed by atoms with Gasteiger partial charge in [-0.15, -0.1) is 0 Å². The number of Topliss-reactive ketones (excluding diaryl/α,β-unsaturated/α-hetero) is 1. The summed E-state index contributed by atoms with van der Waals surface area (Å²) in [4.78, 5) is 40.6. The first kappa shape index (κ1) is 20.9. The van der Waals surface area contributed by atoms with E-state index in [1.807, 2.05) is 12.1 Å². The number of ketones is 1. The van der Waals surface area contributed by atoms with Crippen LogP contribution in [-0.2, 0) is 16.0 Å². The fraction of sp³-hybridized carbons (Fsp3) is 0.300. The molecule has 0 aliphatic heterocycles. The molecule has 0 atom stereocenters. The Bertz CT molecular complexity index is 836. The molecular weight excluding hydrogens is 362 g/mol. The normalized spacial score (nSPS) is 10.3. The van der Waals surface area contributed by atoms with Crippen molar-refractivity contribution in [3.63, 3.8) is 0 Å². The number of pyridine rings is 1. The van der Waals surface area contributed by atoms with E-state index in [-0.39, 0.29) is 18.2 Å². The number of rotatable bonds is 10. The molecule has 0 bridgehead atoms. The van der Waals surface area contributed by atoms with Crippen LogP contribution in [0.2, 0.25) is 0 Å². The number of amides is 1. The fourth-order valence-corrected chi connectivity index (χ4v) is 2.53. The van der Waals surface area contributed by atoms with Crippen LogP contribution in [0.4, 0.5) is 5.82 Å². The van der Waals surface area contributed by atoms with Crippen molar-refractivity contribution >= 4 is 23.5 Å². The molecule has 1 aromatic carbocycles. The molecule has 148 valence electrons. The number of carboxylic acid groups (broad SMARTS) is 1. The summed E-state index contributed by atoms with van der Waals surface area (Å²) < 4.78 is 5.02. The number of likely N-dealkylation sites (N-methyl/N-ethyl adjacent to an activating group) is 1. The number of nitrogen functional groups attached to an aromatic ring is 1. The van der Waals surface area contributed by atoms with Gasteiger partial charge in [-0.1, -0.05) is 6.07 Å². The summed E-state index contributed by atoms with van der Waals surface area (Å²) in [5.74, 6) is -0.604. The van der Waals surface area contributed by atoms with Gasteiger partial charge in [0.2, 0.25) is 5.91 Å². The lowest BCUT2D eigenvalue weighted by molar-refractivity contribution is -0.139.